The van der Waals surface area contributed by atoms with Crippen LogP contribution in [0.25, 0.3) is 10.9 Å². The van der Waals surface area contributed by atoms with Crippen molar-refractivity contribution >= 4 is 22.7 Å². The molecule has 1 N–H and O–H groups in total. The number of nitrogens with one attached hydrogen (secondary N) is 1. The highest BCUT2D eigenvalue weighted by Crippen LogP contribution is 2.43. The molecule has 0 bridgehead atoms. The van der Waals surface area contributed by atoms with Crippen LogP contribution < -0.4 is 9.47 Å². The van der Waals surface area contributed by atoms with E-state index >= 15 is 0 Å². The fourth-order valence-corrected chi connectivity index (χ4v) is 5.00. The van der Waals surface area contributed by atoms with Crippen molar-refractivity contribution in [1.82, 2.24) is 14.8 Å². The fraction of sp³-hybridized carbons (Fsp3) is 0.333. The lowest BCUT2D eigenvalue weighted by molar-refractivity contribution is -0.166. The monoisotopic (exact) mass is 419 g/mol. The van der Waals surface area contributed by atoms with Crippen LogP contribution in [0.5, 0.6) is 11.5 Å². The molecule has 3 heterocycles. The van der Waals surface area contributed by atoms with Crippen LogP contribution in [-0.2, 0) is 28.1 Å². The Morgan fingerprint density at radius 2 is 1.90 bits per heavy atom. The van der Waals surface area contributed by atoms with Crippen LogP contribution in [0.15, 0.2) is 42.5 Å². The van der Waals surface area contributed by atoms with Gasteiger partial charge in [0, 0.05) is 29.6 Å². The van der Waals surface area contributed by atoms with Crippen molar-refractivity contribution in [3.63, 3.8) is 0 Å². The number of hydrogen-bond donors (Lipinski definition) is 1. The third kappa shape index (κ3) is 2.80. The minimum absolute atomic E-state index is 0.0427. The number of carbonyl (C=O) groups is 2. The van der Waals surface area contributed by atoms with E-state index < -0.39 is 5.54 Å². The van der Waals surface area contributed by atoms with E-state index in [2.05, 4.69) is 4.98 Å². The number of hydrogen-bond acceptors (Lipinski definition) is 4. The zero-order chi connectivity index (χ0) is 21.8. The van der Waals surface area contributed by atoms with Crippen molar-refractivity contribution in [3.05, 3.63) is 59.3 Å². The summed E-state index contributed by atoms with van der Waals surface area (Å²) >= 11 is 0. The van der Waals surface area contributed by atoms with Gasteiger partial charge in [0.1, 0.15) is 18.0 Å². The maximum atomic E-state index is 13.8. The second kappa shape index (κ2) is 7.04. The van der Waals surface area contributed by atoms with E-state index in [-0.39, 0.29) is 18.4 Å². The highest BCUT2D eigenvalue weighted by Gasteiger charge is 2.54. The van der Waals surface area contributed by atoms with E-state index in [4.69, 9.17) is 9.47 Å². The maximum Gasteiger partial charge on any atom is 0.255 e. The first-order valence-electron chi connectivity index (χ1n) is 10.4. The molecule has 1 saturated heterocycles. The van der Waals surface area contributed by atoms with Crippen LogP contribution in [0, 0.1) is 0 Å². The average molecular weight is 419 g/mol. The average Bonchev–Trinajstić information content (AvgIpc) is 3.17. The molecule has 2 aliphatic rings. The Kier molecular flexibility index (Phi) is 4.43. The summed E-state index contributed by atoms with van der Waals surface area (Å²) in [5.74, 6) is 1.35. The zero-order valence-corrected chi connectivity index (χ0v) is 17.9. The minimum Gasteiger partial charge on any atom is -0.497 e. The van der Waals surface area contributed by atoms with Crippen LogP contribution in [0.4, 0.5) is 0 Å². The van der Waals surface area contributed by atoms with E-state index in [9.17, 15) is 9.59 Å². The van der Waals surface area contributed by atoms with Gasteiger partial charge in [0.05, 0.1) is 19.9 Å². The van der Waals surface area contributed by atoms with E-state index in [1.165, 1.54) is 0 Å². The lowest BCUT2D eigenvalue weighted by Gasteiger charge is -2.49. The number of aromatic nitrogens is 1. The normalized spacial score (nSPS) is 20.6. The van der Waals surface area contributed by atoms with Gasteiger partial charge < -0.3 is 24.3 Å². The number of para-hydroxylation sites is 1. The van der Waals surface area contributed by atoms with Gasteiger partial charge in [0.25, 0.3) is 5.91 Å². The molecule has 7 nitrogen and oxygen atoms in total. The number of amides is 2. The molecule has 0 aliphatic carbocycles. The molecule has 2 aliphatic heterocycles. The Morgan fingerprint density at radius 1 is 1.10 bits per heavy atom. The summed E-state index contributed by atoms with van der Waals surface area (Å²) in [5, 5.41) is 1.04. The number of benzene rings is 2. The lowest BCUT2D eigenvalue weighted by Crippen LogP contribution is -2.66. The van der Waals surface area contributed by atoms with Gasteiger partial charge in [0.2, 0.25) is 5.91 Å². The van der Waals surface area contributed by atoms with Gasteiger partial charge >= 0.3 is 0 Å². The van der Waals surface area contributed by atoms with Crippen LogP contribution in [0.3, 0.4) is 0 Å². The number of piperazine rings is 1. The Labute approximate surface area is 180 Å². The molecule has 1 atom stereocenters. The lowest BCUT2D eigenvalue weighted by atomic mass is 9.83. The number of carbonyl (C=O) groups excluding carboxylic acids is 2. The van der Waals surface area contributed by atoms with E-state index in [1.54, 1.807) is 24.0 Å². The van der Waals surface area contributed by atoms with E-state index in [1.807, 2.05) is 49.4 Å². The molecule has 1 aromatic heterocycles. The molecular weight excluding hydrogens is 394 g/mol. The summed E-state index contributed by atoms with van der Waals surface area (Å²) in [5.41, 5.74) is 2.62. The van der Waals surface area contributed by atoms with E-state index in [0.717, 1.165) is 33.5 Å². The number of fused-ring (bicyclic) bond motifs is 5. The summed E-state index contributed by atoms with van der Waals surface area (Å²) in [4.78, 5) is 33.8. The van der Waals surface area contributed by atoms with Gasteiger partial charge in [-0.1, -0.05) is 18.2 Å². The van der Waals surface area contributed by atoms with Gasteiger partial charge in [-0.15, -0.1) is 0 Å². The summed E-state index contributed by atoms with van der Waals surface area (Å²) in [6.07, 6.45) is 0.698. The first-order valence-corrected chi connectivity index (χ1v) is 10.4. The number of ether oxygens (including phenoxy) is 2. The molecule has 1 fully saturated rings. The first-order chi connectivity index (χ1) is 15.0. The molecule has 31 heavy (non-hydrogen) atoms. The summed E-state index contributed by atoms with van der Waals surface area (Å²) < 4.78 is 10.8. The number of rotatable bonds is 4. The summed E-state index contributed by atoms with van der Waals surface area (Å²) in [7, 11) is 3.25. The Balaban J connectivity index is 1.59. The van der Waals surface area contributed by atoms with Crippen LogP contribution >= 0.6 is 0 Å². The maximum absolute atomic E-state index is 13.8. The SMILES string of the molecule is COc1ccc2[nH]c3c(c2c1)CCN1C(=O)CN(Cc2ccccc2OC)C(=O)[C@]31C. The van der Waals surface area contributed by atoms with Gasteiger partial charge in [0.15, 0.2) is 5.54 Å². The molecule has 7 heteroatoms. The van der Waals surface area contributed by atoms with Crippen LogP contribution in [0.1, 0.15) is 23.7 Å². The van der Waals surface area contributed by atoms with Crippen molar-refractivity contribution in [1.29, 1.82) is 0 Å². The molecule has 0 radical (unpaired) electrons. The standard InChI is InChI=1S/C24H25N3O4/c1-24-22-17(18-12-16(30-2)8-9-19(18)25-22)10-11-27(24)21(28)14-26(23(24)29)13-15-6-4-5-7-20(15)31-3/h4-9,12,25H,10-11,13-14H2,1-3H3/t24-/m0/s1. The molecule has 5 rings (SSSR count). The Hall–Kier alpha value is -3.48. The van der Waals surface area contributed by atoms with Crippen molar-refractivity contribution < 1.29 is 19.1 Å². The van der Waals surface area contributed by atoms with Gasteiger partial charge in [-0.25, -0.2) is 0 Å². The molecule has 3 aromatic rings. The zero-order valence-electron chi connectivity index (χ0n) is 17.9. The number of methoxy groups -OCH3 is 2. The van der Waals surface area contributed by atoms with Gasteiger partial charge in [-0.05, 0) is 43.2 Å². The molecule has 0 unspecified atom stereocenters. The molecule has 2 aromatic carbocycles. The molecule has 0 saturated carbocycles. The van der Waals surface area contributed by atoms with Crippen molar-refractivity contribution in [3.8, 4) is 11.5 Å². The molecular formula is C24H25N3O4. The fourth-order valence-electron chi connectivity index (χ4n) is 5.00. The number of aromatic amines is 1. The van der Waals surface area contributed by atoms with Gasteiger partial charge in [-0.2, -0.15) is 0 Å². The largest absolute Gasteiger partial charge is 0.497 e. The second-order valence-electron chi connectivity index (χ2n) is 8.23. The van der Waals surface area contributed by atoms with Crippen molar-refractivity contribution in [2.75, 3.05) is 27.3 Å². The number of nitrogens with zero attached hydrogens (tertiary/aromatic N) is 2. The predicted molar refractivity (Wildman–Crippen MR) is 116 cm³/mol. The summed E-state index contributed by atoms with van der Waals surface area (Å²) in [6, 6.07) is 13.4. The van der Waals surface area contributed by atoms with Crippen LogP contribution in [-0.4, -0.2) is 53.9 Å². The first kappa shape index (κ1) is 19.5. The minimum atomic E-state index is -1.07. The third-order valence-corrected chi connectivity index (χ3v) is 6.61. The van der Waals surface area contributed by atoms with Crippen LogP contribution in [0.2, 0.25) is 0 Å². The Morgan fingerprint density at radius 3 is 2.68 bits per heavy atom. The topological polar surface area (TPSA) is 74.9 Å². The molecule has 2 amide bonds. The predicted octanol–water partition coefficient (Wildman–Crippen LogP) is 2.83. The molecule has 160 valence electrons. The smallest absolute Gasteiger partial charge is 0.255 e. The third-order valence-electron chi connectivity index (χ3n) is 6.61. The molecule has 0 spiro atoms. The van der Waals surface area contributed by atoms with Crippen molar-refractivity contribution in [2.24, 2.45) is 0 Å². The number of H-pyrrole nitrogens is 1. The second-order valence-corrected chi connectivity index (χ2v) is 8.23. The Bertz CT molecular complexity index is 1200. The summed E-state index contributed by atoms with van der Waals surface area (Å²) in [6.45, 7) is 2.75. The van der Waals surface area contributed by atoms with Crippen molar-refractivity contribution in [2.45, 2.75) is 25.4 Å². The van der Waals surface area contributed by atoms with Gasteiger partial charge in [-0.3, -0.25) is 9.59 Å². The highest BCUT2D eigenvalue weighted by atomic mass is 16.5. The quantitative estimate of drug-likeness (QED) is 0.706. The van der Waals surface area contributed by atoms with E-state index in [0.29, 0.717) is 25.3 Å². The highest BCUT2D eigenvalue weighted by molar-refractivity contribution is 6.00.